The monoisotopic (exact) mass is 405 g/mol. The second kappa shape index (κ2) is 8.32. The number of nitrogens with one attached hydrogen (secondary N) is 1. The van der Waals surface area contributed by atoms with Crippen LogP contribution in [0.3, 0.4) is 0 Å². The van der Waals surface area contributed by atoms with Crippen LogP contribution in [0.2, 0.25) is 0 Å². The molecule has 0 spiro atoms. The van der Waals surface area contributed by atoms with E-state index in [0.29, 0.717) is 32.0 Å². The van der Waals surface area contributed by atoms with E-state index in [4.69, 9.17) is 9.15 Å². The Hall–Kier alpha value is -3.12. The summed E-state index contributed by atoms with van der Waals surface area (Å²) in [6.07, 6.45) is 3.16. The zero-order valence-electron chi connectivity index (χ0n) is 17.6. The van der Waals surface area contributed by atoms with Gasteiger partial charge >= 0.3 is 6.01 Å². The second-order valence-electron chi connectivity index (χ2n) is 7.63. The zero-order valence-corrected chi connectivity index (χ0v) is 17.6. The number of aryl methyl sites for hydroxylation is 1. The van der Waals surface area contributed by atoms with Gasteiger partial charge in [-0.2, -0.15) is 0 Å². The van der Waals surface area contributed by atoms with Crippen molar-refractivity contribution in [1.29, 1.82) is 0 Å². The van der Waals surface area contributed by atoms with Gasteiger partial charge in [0.25, 0.3) is 0 Å². The molecular formula is C24H27N3O3. The molecule has 0 atom stereocenters. The quantitative estimate of drug-likeness (QED) is 0.586. The summed E-state index contributed by atoms with van der Waals surface area (Å²) in [5, 5.41) is 21.7. The van der Waals surface area contributed by atoms with Crippen LogP contribution in [0.1, 0.15) is 54.8 Å². The van der Waals surface area contributed by atoms with Crippen molar-refractivity contribution in [1.82, 2.24) is 10.2 Å². The Bertz CT molecular complexity index is 1070. The average Bonchev–Trinajstić information content (AvgIpc) is 3.26. The molecule has 0 unspecified atom stereocenters. The van der Waals surface area contributed by atoms with Crippen LogP contribution in [0, 0.1) is 6.92 Å². The third-order valence-corrected chi connectivity index (χ3v) is 5.63. The van der Waals surface area contributed by atoms with Crippen LogP contribution < -0.4 is 10.1 Å². The molecule has 1 aromatic heterocycles. The van der Waals surface area contributed by atoms with Crippen molar-refractivity contribution in [2.24, 2.45) is 0 Å². The van der Waals surface area contributed by atoms with E-state index in [1.165, 1.54) is 16.7 Å². The zero-order chi connectivity index (χ0) is 21.1. The molecule has 156 valence electrons. The number of nitrogens with zero attached hydrogens (tertiary/aromatic N) is 2. The van der Waals surface area contributed by atoms with Crippen molar-refractivity contribution < 1.29 is 14.3 Å². The van der Waals surface area contributed by atoms with Gasteiger partial charge in [0.2, 0.25) is 5.89 Å². The molecule has 0 fully saturated rings. The number of fused-ring (bicyclic) bond motifs is 1. The number of anilines is 1. The van der Waals surface area contributed by atoms with Gasteiger partial charge < -0.3 is 19.6 Å². The summed E-state index contributed by atoms with van der Waals surface area (Å²) in [6.45, 7) is 6.95. The predicted octanol–water partition coefficient (Wildman–Crippen LogP) is 4.82. The molecule has 30 heavy (non-hydrogen) atoms. The Kier molecular flexibility index (Phi) is 5.59. The maximum atomic E-state index is 10.5. The Morgan fingerprint density at radius 3 is 2.70 bits per heavy atom. The topological polar surface area (TPSA) is 80.4 Å². The van der Waals surface area contributed by atoms with Gasteiger partial charge in [0, 0.05) is 12.1 Å². The SMILES string of the molecule is CCC(O)(CC)c1nnc(NCc2ccc3c(c2)OCC=C3c2cccc(C)c2)o1. The number of aliphatic hydroxyl groups is 1. The lowest BCUT2D eigenvalue weighted by Crippen LogP contribution is -2.23. The molecule has 0 aliphatic carbocycles. The Balaban J connectivity index is 1.49. The van der Waals surface area contributed by atoms with Crippen molar-refractivity contribution in [3.8, 4) is 5.75 Å². The van der Waals surface area contributed by atoms with Gasteiger partial charge in [0.15, 0.2) is 0 Å². The van der Waals surface area contributed by atoms with Crippen LogP contribution in [-0.2, 0) is 12.1 Å². The molecule has 2 heterocycles. The maximum absolute atomic E-state index is 10.5. The first-order valence-corrected chi connectivity index (χ1v) is 10.4. The summed E-state index contributed by atoms with van der Waals surface area (Å²) in [4.78, 5) is 0. The molecular weight excluding hydrogens is 378 g/mol. The molecule has 0 radical (unpaired) electrons. The molecule has 2 aromatic carbocycles. The lowest BCUT2D eigenvalue weighted by molar-refractivity contribution is 0.00206. The van der Waals surface area contributed by atoms with Gasteiger partial charge in [0.1, 0.15) is 18.0 Å². The molecule has 3 aromatic rings. The first-order valence-electron chi connectivity index (χ1n) is 10.4. The molecule has 1 aliphatic heterocycles. The molecule has 0 amide bonds. The number of aromatic nitrogens is 2. The van der Waals surface area contributed by atoms with Gasteiger partial charge in [0.05, 0.1) is 0 Å². The summed E-state index contributed by atoms with van der Waals surface area (Å²) in [6, 6.07) is 15.0. The fraction of sp³-hybridized carbons (Fsp3) is 0.333. The largest absolute Gasteiger partial charge is 0.489 e. The van der Waals surface area contributed by atoms with E-state index >= 15 is 0 Å². The van der Waals surface area contributed by atoms with Crippen LogP contribution in [0.25, 0.3) is 5.57 Å². The fourth-order valence-corrected chi connectivity index (χ4v) is 3.64. The van der Waals surface area contributed by atoms with E-state index in [1.54, 1.807) is 0 Å². The number of benzene rings is 2. The normalized spacial score (nSPS) is 13.4. The van der Waals surface area contributed by atoms with E-state index in [0.717, 1.165) is 16.9 Å². The molecule has 0 saturated heterocycles. The first kappa shape index (κ1) is 20.2. The Morgan fingerprint density at radius 2 is 1.93 bits per heavy atom. The maximum Gasteiger partial charge on any atom is 0.315 e. The fourth-order valence-electron chi connectivity index (χ4n) is 3.64. The molecule has 6 nitrogen and oxygen atoms in total. The van der Waals surface area contributed by atoms with Crippen LogP contribution in [0.5, 0.6) is 5.75 Å². The standard InChI is InChI=1S/C24H27N3O3/c1-4-24(28,5-2)22-26-27-23(30-22)25-15-17-9-10-20-19(11-12-29-21(20)14-17)18-8-6-7-16(3)13-18/h6-11,13-14,28H,4-5,12,15H2,1-3H3,(H,25,27). The summed E-state index contributed by atoms with van der Waals surface area (Å²) >= 11 is 0. The molecule has 4 rings (SSSR count). The van der Waals surface area contributed by atoms with Gasteiger partial charge in [-0.1, -0.05) is 60.9 Å². The number of ether oxygens (including phenoxy) is 1. The number of rotatable bonds is 7. The highest BCUT2D eigenvalue weighted by molar-refractivity contribution is 5.84. The van der Waals surface area contributed by atoms with Crippen molar-refractivity contribution >= 4 is 11.6 Å². The lowest BCUT2D eigenvalue weighted by atomic mass is 9.93. The van der Waals surface area contributed by atoms with Crippen molar-refractivity contribution in [3.63, 3.8) is 0 Å². The highest BCUT2D eigenvalue weighted by Crippen LogP contribution is 2.35. The highest BCUT2D eigenvalue weighted by atomic mass is 16.5. The minimum absolute atomic E-state index is 0.247. The molecule has 0 bridgehead atoms. The summed E-state index contributed by atoms with van der Waals surface area (Å²) in [7, 11) is 0. The van der Waals surface area contributed by atoms with E-state index < -0.39 is 5.60 Å². The van der Waals surface area contributed by atoms with Crippen molar-refractivity contribution in [3.05, 3.63) is 76.7 Å². The Morgan fingerprint density at radius 1 is 1.10 bits per heavy atom. The van der Waals surface area contributed by atoms with E-state index in [1.807, 2.05) is 19.9 Å². The van der Waals surface area contributed by atoms with E-state index in [-0.39, 0.29) is 5.89 Å². The summed E-state index contributed by atoms with van der Waals surface area (Å²) in [5.41, 5.74) is 4.68. The first-order chi connectivity index (χ1) is 14.5. The molecule has 6 heteroatoms. The van der Waals surface area contributed by atoms with E-state index in [9.17, 15) is 5.11 Å². The van der Waals surface area contributed by atoms with Crippen LogP contribution in [0.15, 0.2) is 53.0 Å². The Labute approximate surface area is 176 Å². The summed E-state index contributed by atoms with van der Waals surface area (Å²) in [5.74, 6) is 1.11. The number of hydrogen-bond acceptors (Lipinski definition) is 6. The van der Waals surface area contributed by atoms with Crippen LogP contribution >= 0.6 is 0 Å². The van der Waals surface area contributed by atoms with Crippen LogP contribution in [-0.4, -0.2) is 21.9 Å². The van der Waals surface area contributed by atoms with Crippen molar-refractivity contribution in [2.75, 3.05) is 11.9 Å². The molecule has 0 saturated carbocycles. The molecule has 1 aliphatic rings. The minimum atomic E-state index is -1.08. The lowest BCUT2D eigenvalue weighted by Gasteiger charge is -2.20. The predicted molar refractivity (Wildman–Crippen MR) is 116 cm³/mol. The average molecular weight is 405 g/mol. The smallest absolute Gasteiger partial charge is 0.315 e. The second-order valence-corrected chi connectivity index (χ2v) is 7.63. The van der Waals surface area contributed by atoms with Gasteiger partial charge in [-0.05, 0) is 48.6 Å². The van der Waals surface area contributed by atoms with Gasteiger partial charge in [-0.25, -0.2) is 0 Å². The van der Waals surface area contributed by atoms with Crippen molar-refractivity contribution in [2.45, 2.75) is 45.8 Å². The minimum Gasteiger partial charge on any atom is -0.489 e. The number of hydrogen-bond donors (Lipinski definition) is 2. The third-order valence-electron chi connectivity index (χ3n) is 5.63. The third kappa shape index (κ3) is 3.96. The van der Waals surface area contributed by atoms with E-state index in [2.05, 4.69) is 64.9 Å². The molecule has 2 N–H and O–H groups in total. The van der Waals surface area contributed by atoms with Gasteiger partial charge in [-0.15, -0.1) is 5.10 Å². The van der Waals surface area contributed by atoms with Crippen LogP contribution in [0.4, 0.5) is 6.01 Å². The highest BCUT2D eigenvalue weighted by Gasteiger charge is 2.31. The van der Waals surface area contributed by atoms with Gasteiger partial charge in [-0.3, -0.25) is 0 Å². The summed E-state index contributed by atoms with van der Waals surface area (Å²) < 4.78 is 11.5.